The first-order valence-electron chi connectivity index (χ1n) is 9.80. The Morgan fingerprint density at radius 2 is 2.41 bits per heavy atom. The Morgan fingerprint density at radius 1 is 1.48 bits per heavy atom. The van der Waals surface area contributed by atoms with E-state index in [1.807, 2.05) is 11.8 Å². The average molecular weight is 395 g/mol. The molecule has 2 N–H and O–H groups in total. The summed E-state index contributed by atoms with van der Waals surface area (Å²) in [4.78, 5) is 20.3. The van der Waals surface area contributed by atoms with Gasteiger partial charge in [-0.25, -0.2) is 4.99 Å². The molecule has 8 heteroatoms. The number of amides is 1. The fourth-order valence-electron chi connectivity index (χ4n) is 3.22. The topological polar surface area (TPSA) is 75.2 Å². The molecule has 0 aromatic carbocycles. The summed E-state index contributed by atoms with van der Waals surface area (Å²) in [6.45, 7) is 7.43. The van der Waals surface area contributed by atoms with Crippen LogP contribution in [-0.2, 0) is 27.2 Å². The quantitative estimate of drug-likeness (QED) is 0.396. The highest BCUT2D eigenvalue weighted by molar-refractivity contribution is 7.10. The lowest BCUT2D eigenvalue weighted by Crippen LogP contribution is -2.40. The number of nitrogens with one attached hydrogen (secondary N) is 2. The van der Waals surface area contributed by atoms with E-state index in [0.29, 0.717) is 25.7 Å². The van der Waals surface area contributed by atoms with Crippen molar-refractivity contribution in [3.63, 3.8) is 0 Å². The molecule has 0 saturated carbocycles. The lowest BCUT2D eigenvalue weighted by atomic mass is 10.1. The maximum atomic E-state index is 12.5. The molecule has 0 radical (unpaired) electrons. The van der Waals surface area contributed by atoms with E-state index in [2.05, 4.69) is 27.1 Å². The lowest BCUT2D eigenvalue weighted by molar-refractivity contribution is -0.130. The Balaban J connectivity index is 1.38. The summed E-state index contributed by atoms with van der Waals surface area (Å²) in [5.41, 5.74) is 1.28. The summed E-state index contributed by atoms with van der Waals surface area (Å²) < 4.78 is 11.1. The molecule has 0 bridgehead atoms. The molecule has 7 nitrogen and oxygen atoms in total. The van der Waals surface area contributed by atoms with Crippen LogP contribution in [0.4, 0.5) is 0 Å². The highest BCUT2D eigenvalue weighted by Gasteiger charge is 2.21. The number of fused-ring (bicyclic) bond motifs is 1. The summed E-state index contributed by atoms with van der Waals surface area (Å²) in [5, 5.41) is 8.57. The third-order valence-corrected chi connectivity index (χ3v) is 5.76. The summed E-state index contributed by atoms with van der Waals surface area (Å²) in [5.74, 6) is 0.761. The Kier molecular flexibility index (Phi) is 7.92. The first kappa shape index (κ1) is 20.1. The minimum Gasteiger partial charge on any atom is -0.379 e. The number of carbonyl (C=O) groups is 1. The molecule has 1 atom stereocenters. The molecule has 2 aliphatic rings. The second kappa shape index (κ2) is 10.6. The van der Waals surface area contributed by atoms with Crippen LogP contribution in [0.2, 0.25) is 0 Å². The fraction of sp³-hybridized carbons (Fsp3) is 0.684. The van der Waals surface area contributed by atoms with Gasteiger partial charge < -0.3 is 25.0 Å². The smallest absolute Gasteiger partial charge is 0.244 e. The number of aliphatic imine (C=N–C) groups is 1. The molecule has 1 saturated heterocycles. The van der Waals surface area contributed by atoms with Crippen LogP contribution in [0.25, 0.3) is 0 Å². The zero-order valence-electron chi connectivity index (χ0n) is 16.0. The van der Waals surface area contributed by atoms with Crippen molar-refractivity contribution < 1.29 is 14.3 Å². The normalized spacial score (nSPS) is 19.8. The second-order valence-corrected chi connectivity index (χ2v) is 7.77. The first-order valence-corrected chi connectivity index (χ1v) is 10.7. The standard InChI is InChI=1S/C19H30N4O3S/c1-2-20-19(21-7-3-9-26-16-5-10-25-14-16)22-12-18(24)23-8-4-17-15(13-23)6-11-27-17/h6,11,16H,2-5,7-10,12-14H2,1H3,(H2,20,21,22). The number of ether oxygens (including phenoxy) is 2. The molecule has 150 valence electrons. The molecule has 1 aromatic rings. The zero-order chi connectivity index (χ0) is 18.9. The van der Waals surface area contributed by atoms with Crippen LogP contribution in [0, 0.1) is 0 Å². The number of carbonyl (C=O) groups excluding carboxylic acids is 1. The van der Waals surface area contributed by atoms with Crippen molar-refractivity contribution in [3.8, 4) is 0 Å². The van der Waals surface area contributed by atoms with Crippen LogP contribution >= 0.6 is 11.3 Å². The van der Waals surface area contributed by atoms with Gasteiger partial charge >= 0.3 is 0 Å². The predicted octanol–water partition coefficient (Wildman–Crippen LogP) is 1.38. The molecule has 0 aliphatic carbocycles. The maximum Gasteiger partial charge on any atom is 0.244 e. The van der Waals surface area contributed by atoms with Crippen LogP contribution in [0.1, 0.15) is 30.2 Å². The number of hydrogen-bond acceptors (Lipinski definition) is 5. The Labute approximate surface area is 165 Å². The number of rotatable bonds is 8. The van der Waals surface area contributed by atoms with Gasteiger partial charge in [-0.05, 0) is 43.2 Å². The molecule has 0 spiro atoms. The van der Waals surface area contributed by atoms with Gasteiger partial charge in [0.2, 0.25) is 5.91 Å². The highest BCUT2D eigenvalue weighted by atomic mass is 32.1. The minimum atomic E-state index is 0.0774. The van der Waals surface area contributed by atoms with Gasteiger partial charge in [-0.15, -0.1) is 11.3 Å². The van der Waals surface area contributed by atoms with Gasteiger partial charge in [0, 0.05) is 44.3 Å². The van der Waals surface area contributed by atoms with E-state index < -0.39 is 0 Å². The van der Waals surface area contributed by atoms with Gasteiger partial charge in [0.05, 0.1) is 12.7 Å². The fourth-order valence-corrected chi connectivity index (χ4v) is 4.11. The third kappa shape index (κ3) is 6.19. The van der Waals surface area contributed by atoms with Crippen molar-refractivity contribution in [1.29, 1.82) is 0 Å². The highest BCUT2D eigenvalue weighted by Crippen LogP contribution is 2.23. The molecular weight excluding hydrogens is 364 g/mol. The zero-order valence-corrected chi connectivity index (χ0v) is 16.9. The van der Waals surface area contributed by atoms with Crippen LogP contribution in [0.3, 0.4) is 0 Å². The van der Waals surface area contributed by atoms with E-state index in [1.165, 1.54) is 10.4 Å². The first-order chi connectivity index (χ1) is 13.3. The van der Waals surface area contributed by atoms with Gasteiger partial charge in [0.15, 0.2) is 5.96 Å². The molecule has 1 unspecified atom stereocenters. The van der Waals surface area contributed by atoms with Gasteiger partial charge in [-0.2, -0.15) is 0 Å². The van der Waals surface area contributed by atoms with Crippen LogP contribution < -0.4 is 10.6 Å². The molecular formula is C19H30N4O3S. The van der Waals surface area contributed by atoms with Gasteiger partial charge in [-0.3, -0.25) is 4.79 Å². The summed E-state index contributed by atoms with van der Waals surface area (Å²) in [6, 6.07) is 2.12. The minimum absolute atomic E-state index is 0.0774. The van der Waals surface area contributed by atoms with E-state index in [0.717, 1.165) is 45.5 Å². The number of thiophene rings is 1. The Hall–Kier alpha value is -1.64. The van der Waals surface area contributed by atoms with E-state index in [1.54, 1.807) is 11.3 Å². The van der Waals surface area contributed by atoms with E-state index in [-0.39, 0.29) is 18.6 Å². The van der Waals surface area contributed by atoms with Crippen LogP contribution in [0.5, 0.6) is 0 Å². The Morgan fingerprint density at radius 3 is 3.22 bits per heavy atom. The SMILES string of the molecule is CCNC(=NCC(=O)N1CCc2sccc2C1)NCCCOC1CCOC1. The molecule has 3 rings (SSSR count). The van der Waals surface area contributed by atoms with Gasteiger partial charge in [-0.1, -0.05) is 0 Å². The number of nitrogens with zero attached hydrogens (tertiary/aromatic N) is 2. The van der Waals surface area contributed by atoms with Crippen molar-refractivity contribution in [2.45, 2.75) is 38.8 Å². The number of hydrogen-bond donors (Lipinski definition) is 2. The van der Waals surface area contributed by atoms with Crippen molar-refractivity contribution in [1.82, 2.24) is 15.5 Å². The molecule has 1 fully saturated rings. The summed E-state index contributed by atoms with van der Waals surface area (Å²) >= 11 is 1.78. The second-order valence-electron chi connectivity index (χ2n) is 6.77. The average Bonchev–Trinajstić information content (AvgIpc) is 3.36. The van der Waals surface area contributed by atoms with Gasteiger partial charge in [0.1, 0.15) is 6.54 Å². The monoisotopic (exact) mass is 394 g/mol. The molecule has 1 amide bonds. The Bertz CT molecular complexity index is 628. The van der Waals surface area contributed by atoms with Crippen molar-refractivity contribution in [2.75, 3.05) is 46.0 Å². The predicted molar refractivity (Wildman–Crippen MR) is 107 cm³/mol. The number of guanidine groups is 1. The third-order valence-electron chi connectivity index (χ3n) is 4.73. The van der Waals surface area contributed by atoms with Crippen LogP contribution in [-0.4, -0.2) is 68.9 Å². The lowest BCUT2D eigenvalue weighted by Gasteiger charge is -2.26. The van der Waals surface area contributed by atoms with E-state index in [9.17, 15) is 4.79 Å². The maximum absolute atomic E-state index is 12.5. The van der Waals surface area contributed by atoms with Gasteiger partial charge in [0.25, 0.3) is 0 Å². The van der Waals surface area contributed by atoms with Crippen molar-refractivity contribution in [3.05, 3.63) is 21.9 Å². The van der Waals surface area contributed by atoms with Crippen molar-refractivity contribution in [2.24, 2.45) is 4.99 Å². The van der Waals surface area contributed by atoms with Crippen molar-refractivity contribution >= 4 is 23.2 Å². The summed E-state index contributed by atoms with van der Waals surface area (Å²) in [7, 11) is 0. The molecule has 3 heterocycles. The summed E-state index contributed by atoms with van der Waals surface area (Å²) in [6.07, 6.45) is 3.08. The molecule has 2 aliphatic heterocycles. The largest absolute Gasteiger partial charge is 0.379 e. The van der Waals surface area contributed by atoms with E-state index >= 15 is 0 Å². The van der Waals surface area contributed by atoms with Crippen LogP contribution in [0.15, 0.2) is 16.4 Å². The molecule has 27 heavy (non-hydrogen) atoms. The molecule has 1 aromatic heterocycles. The van der Waals surface area contributed by atoms with E-state index in [4.69, 9.17) is 9.47 Å².